The number of likely N-dealkylation sites (tertiary alicyclic amines) is 1. The van der Waals surface area contributed by atoms with E-state index in [1.165, 1.54) is 0 Å². The lowest BCUT2D eigenvalue weighted by molar-refractivity contribution is -0.0286. The third kappa shape index (κ3) is 4.68. The molecule has 0 bridgehead atoms. The number of piperidine rings is 1. The molecule has 3 heterocycles. The number of carbonyl (C=O) groups is 1. The topological polar surface area (TPSA) is 73.8 Å². The highest BCUT2D eigenvalue weighted by Crippen LogP contribution is 2.32. The van der Waals surface area contributed by atoms with Gasteiger partial charge in [0.1, 0.15) is 0 Å². The van der Waals surface area contributed by atoms with Gasteiger partial charge in [0, 0.05) is 69.3 Å². The van der Waals surface area contributed by atoms with Gasteiger partial charge in [-0.1, -0.05) is 0 Å². The Hall–Kier alpha value is -1.93. The van der Waals surface area contributed by atoms with E-state index in [4.69, 9.17) is 4.74 Å². The third-order valence-corrected chi connectivity index (χ3v) is 5.75. The Balaban J connectivity index is 1.58. The lowest BCUT2D eigenvalue weighted by Crippen LogP contribution is -2.64. The van der Waals surface area contributed by atoms with Crippen LogP contribution in [0.15, 0.2) is 12.4 Å². The standard InChI is InChI=1S/C19H32N6O2/c1-4-20-17-21-12-16(13-22-17)14-24-11-10-23(3)19(15-24)6-8-25(9-7-19)18(26)27-5-2/h12-13H,4-11,14-15H2,1-3H3,(H,20,21,22). The van der Waals surface area contributed by atoms with Crippen LogP contribution in [0.4, 0.5) is 10.7 Å². The molecule has 1 N–H and O–H groups in total. The molecular formula is C19H32N6O2. The second-order valence-electron chi connectivity index (χ2n) is 7.49. The van der Waals surface area contributed by atoms with E-state index in [-0.39, 0.29) is 11.6 Å². The summed E-state index contributed by atoms with van der Waals surface area (Å²) in [6, 6.07) is 0. The van der Waals surface area contributed by atoms with E-state index < -0.39 is 0 Å². The van der Waals surface area contributed by atoms with E-state index in [1.54, 1.807) is 0 Å². The summed E-state index contributed by atoms with van der Waals surface area (Å²) in [6.07, 6.45) is 5.61. The monoisotopic (exact) mass is 376 g/mol. The van der Waals surface area contributed by atoms with Crippen molar-refractivity contribution in [2.75, 3.05) is 58.2 Å². The van der Waals surface area contributed by atoms with Gasteiger partial charge in [-0.05, 0) is 33.7 Å². The van der Waals surface area contributed by atoms with E-state index in [2.05, 4.69) is 32.1 Å². The molecule has 0 atom stereocenters. The van der Waals surface area contributed by atoms with Gasteiger partial charge in [0.25, 0.3) is 0 Å². The Morgan fingerprint density at radius 2 is 1.89 bits per heavy atom. The molecule has 2 aliphatic heterocycles. The lowest BCUT2D eigenvalue weighted by Gasteiger charge is -2.53. The van der Waals surface area contributed by atoms with Gasteiger partial charge in [0.15, 0.2) is 0 Å². The van der Waals surface area contributed by atoms with Gasteiger partial charge in [-0.3, -0.25) is 9.80 Å². The molecule has 1 aromatic rings. The number of rotatable bonds is 5. The second-order valence-corrected chi connectivity index (χ2v) is 7.49. The van der Waals surface area contributed by atoms with Crippen LogP contribution in [0.5, 0.6) is 0 Å². The second kappa shape index (κ2) is 8.84. The van der Waals surface area contributed by atoms with Gasteiger partial charge in [-0.25, -0.2) is 14.8 Å². The normalized spacial score (nSPS) is 20.6. The van der Waals surface area contributed by atoms with Crippen LogP contribution in [0.2, 0.25) is 0 Å². The van der Waals surface area contributed by atoms with Crippen molar-refractivity contribution in [1.29, 1.82) is 0 Å². The van der Waals surface area contributed by atoms with Gasteiger partial charge >= 0.3 is 6.09 Å². The van der Waals surface area contributed by atoms with Gasteiger partial charge in [0.2, 0.25) is 5.95 Å². The average molecular weight is 377 g/mol. The fourth-order valence-electron chi connectivity index (χ4n) is 4.08. The number of hydrogen-bond donors (Lipinski definition) is 1. The fourth-order valence-corrected chi connectivity index (χ4v) is 4.08. The first kappa shape index (κ1) is 19.8. The Bertz CT molecular complexity index is 615. The minimum atomic E-state index is -0.180. The van der Waals surface area contributed by atoms with Crippen molar-refractivity contribution in [3.63, 3.8) is 0 Å². The van der Waals surface area contributed by atoms with Crippen LogP contribution in [-0.4, -0.2) is 89.2 Å². The van der Waals surface area contributed by atoms with Crippen LogP contribution < -0.4 is 5.32 Å². The van der Waals surface area contributed by atoms with Crippen molar-refractivity contribution < 1.29 is 9.53 Å². The summed E-state index contributed by atoms with van der Waals surface area (Å²) >= 11 is 0. The Kier molecular flexibility index (Phi) is 6.49. The summed E-state index contributed by atoms with van der Waals surface area (Å²) in [5.41, 5.74) is 1.27. The van der Waals surface area contributed by atoms with Gasteiger partial charge in [-0.15, -0.1) is 0 Å². The predicted molar refractivity (Wildman–Crippen MR) is 105 cm³/mol. The Labute approximate surface area is 161 Å². The molecule has 2 saturated heterocycles. The molecule has 0 saturated carbocycles. The molecule has 1 amide bonds. The molecule has 0 aromatic carbocycles. The van der Waals surface area contributed by atoms with Crippen molar-refractivity contribution in [2.45, 2.75) is 38.8 Å². The smallest absolute Gasteiger partial charge is 0.409 e. The Morgan fingerprint density at radius 1 is 1.19 bits per heavy atom. The SMILES string of the molecule is CCNc1ncc(CN2CCN(C)C3(CCN(C(=O)OCC)CC3)C2)cn1. The molecule has 3 rings (SSSR count). The largest absolute Gasteiger partial charge is 0.450 e. The average Bonchev–Trinajstić information content (AvgIpc) is 2.67. The number of ether oxygens (including phenoxy) is 1. The zero-order valence-electron chi connectivity index (χ0n) is 16.8. The number of hydrogen-bond acceptors (Lipinski definition) is 7. The molecular weight excluding hydrogens is 344 g/mol. The lowest BCUT2D eigenvalue weighted by atomic mass is 9.83. The third-order valence-electron chi connectivity index (χ3n) is 5.75. The molecule has 27 heavy (non-hydrogen) atoms. The fraction of sp³-hybridized carbons (Fsp3) is 0.737. The van der Waals surface area contributed by atoms with Crippen LogP contribution in [0, 0.1) is 0 Å². The summed E-state index contributed by atoms with van der Waals surface area (Å²) < 4.78 is 5.15. The van der Waals surface area contributed by atoms with Gasteiger partial charge in [0.05, 0.1) is 6.61 Å². The van der Waals surface area contributed by atoms with E-state index in [0.29, 0.717) is 12.6 Å². The Morgan fingerprint density at radius 3 is 2.52 bits per heavy atom. The van der Waals surface area contributed by atoms with Crippen molar-refractivity contribution >= 4 is 12.0 Å². The van der Waals surface area contributed by atoms with E-state index >= 15 is 0 Å². The van der Waals surface area contributed by atoms with Gasteiger partial charge < -0.3 is 15.0 Å². The van der Waals surface area contributed by atoms with Crippen molar-refractivity contribution in [2.24, 2.45) is 0 Å². The van der Waals surface area contributed by atoms with Crippen LogP contribution >= 0.6 is 0 Å². The molecule has 2 aliphatic rings. The first-order valence-electron chi connectivity index (χ1n) is 9.96. The maximum Gasteiger partial charge on any atom is 0.409 e. The maximum absolute atomic E-state index is 12.0. The number of piperazine rings is 1. The first-order chi connectivity index (χ1) is 13.1. The predicted octanol–water partition coefficient (Wildman–Crippen LogP) is 1.65. The minimum absolute atomic E-state index is 0.131. The summed E-state index contributed by atoms with van der Waals surface area (Å²) in [6.45, 7) is 10.6. The zero-order valence-corrected chi connectivity index (χ0v) is 16.8. The molecule has 0 unspecified atom stereocenters. The molecule has 0 aliphatic carbocycles. The summed E-state index contributed by atoms with van der Waals surface area (Å²) in [4.78, 5) is 27.6. The molecule has 1 aromatic heterocycles. The number of carbonyl (C=O) groups excluding carboxylic acids is 1. The van der Waals surface area contributed by atoms with Crippen molar-refractivity contribution in [1.82, 2.24) is 24.7 Å². The van der Waals surface area contributed by atoms with E-state index in [9.17, 15) is 4.79 Å². The highest BCUT2D eigenvalue weighted by atomic mass is 16.6. The highest BCUT2D eigenvalue weighted by molar-refractivity contribution is 5.67. The summed E-state index contributed by atoms with van der Waals surface area (Å²) in [5.74, 6) is 0.683. The molecule has 8 nitrogen and oxygen atoms in total. The first-order valence-corrected chi connectivity index (χ1v) is 9.96. The number of anilines is 1. The van der Waals surface area contributed by atoms with Gasteiger partial charge in [-0.2, -0.15) is 0 Å². The quantitative estimate of drug-likeness (QED) is 0.837. The summed E-state index contributed by atoms with van der Waals surface area (Å²) in [5, 5.41) is 3.13. The molecule has 2 fully saturated rings. The van der Waals surface area contributed by atoms with E-state index in [0.717, 1.165) is 64.2 Å². The van der Waals surface area contributed by atoms with Crippen LogP contribution in [0.1, 0.15) is 32.3 Å². The number of nitrogens with zero attached hydrogens (tertiary/aromatic N) is 5. The zero-order chi connectivity index (χ0) is 19.3. The summed E-state index contributed by atoms with van der Waals surface area (Å²) in [7, 11) is 2.21. The highest BCUT2D eigenvalue weighted by Gasteiger charge is 2.43. The van der Waals surface area contributed by atoms with Crippen LogP contribution in [-0.2, 0) is 11.3 Å². The number of amides is 1. The molecule has 8 heteroatoms. The molecule has 0 radical (unpaired) electrons. The number of aromatic nitrogens is 2. The van der Waals surface area contributed by atoms with Crippen molar-refractivity contribution in [3.05, 3.63) is 18.0 Å². The van der Waals surface area contributed by atoms with Crippen molar-refractivity contribution in [3.8, 4) is 0 Å². The van der Waals surface area contributed by atoms with Crippen LogP contribution in [0.25, 0.3) is 0 Å². The minimum Gasteiger partial charge on any atom is -0.450 e. The maximum atomic E-state index is 12.0. The number of likely N-dealkylation sites (N-methyl/N-ethyl adjacent to an activating group) is 1. The van der Waals surface area contributed by atoms with Crippen LogP contribution in [0.3, 0.4) is 0 Å². The van der Waals surface area contributed by atoms with E-state index in [1.807, 2.05) is 31.1 Å². The molecule has 150 valence electrons. The molecule has 1 spiro atoms. The number of nitrogens with one attached hydrogen (secondary N) is 1.